The zero-order chi connectivity index (χ0) is 7.23. The molecule has 0 spiro atoms. The standard InChI is InChI=1S/C8H12NO.ClH/c10-8-4-7-9-5-2-1-3-6-9;/h1-3,5-6,10H,4,7-8H2;1H/q+1;/p-1. The molecule has 0 saturated carbocycles. The molecule has 0 aliphatic heterocycles. The minimum absolute atomic E-state index is 0. The fourth-order valence-electron chi connectivity index (χ4n) is 0.837. The topological polar surface area (TPSA) is 24.1 Å². The van der Waals surface area contributed by atoms with Crippen LogP contribution in [0.25, 0.3) is 0 Å². The molecule has 2 nitrogen and oxygen atoms in total. The highest BCUT2D eigenvalue weighted by Gasteiger charge is 1.93. The highest BCUT2D eigenvalue weighted by atomic mass is 35.5. The number of hydrogen-bond acceptors (Lipinski definition) is 1. The highest BCUT2D eigenvalue weighted by molar-refractivity contribution is 4.83. The van der Waals surface area contributed by atoms with E-state index in [1.54, 1.807) is 0 Å². The highest BCUT2D eigenvalue weighted by Crippen LogP contribution is 1.79. The first kappa shape index (κ1) is 10.4. The van der Waals surface area contributed by atoms with Crippen molar-refractivity contribution in [3.05, 3.63) is 30.6 Å². The van der Waals surface area contributed by atoms with Crippen molar-refractivity contribution in [2.75, 3.05) is 6.61 Å². The van der Waals surface area contributed by atoms with E-state index in [0.717, 1.165) is 13.0 Å². The minimum atomic E-state index is 0. The lowest BCUT2D eigenvalue weighted by Gasteiger charge is -1.91. The maximum Gasteiger partial charge on any atom is 0.168 e. The second-order valence-corrected chi connectivity index (χ2v) is 2.19. The number of rotatable bonds is 3. The summed E-state index contributed by atoms with van der Waals surface area (Å²) < 4.78 is 2.05. The summed E-state index contributed by atoms with van der Waals surface area (Å²) in [6, 6.07) is 5.95. The molecule has 0 saturated heterocycles. The Morgan fingerprint density at radius 2 is 1.73 bits per heavy atom. The largest absolute Gasteiger partial charge is 1.00 e. The van der Waals surface area contributed by atoms with Crippen LogP contribution in [0.15, 0.2) is 30.6 Å². The first-order valence-corrected chi connectivity index (χ1v) is 3.48. The summed E-state index contributed by atoms with van der Waals surface area (Å²) in [7, 11) is 0. The van der Waals surface area contributed by atoms with E-state index in [0.29, 0.717) is 0 Å². The van der Waals surface area contributed by atoms with E-state index in [9.17, 15) is 0 Å². The second kappa shape index (κ2) is 6.13. The summed E-state index contributed by atoms with van der Waals surface area (Å²) in [5, 5.41) is 8.51. The van der Waals surface area contributed by atoms with Gasteiger partial charge in [-0.15, -0.1) is 0 Å². The molecule has 0 radical (unpaired) electrons. The van der Waals surface area contributed by atoms with Crippen LogP contribution in [0, 0.1) is 0 Å². The number of aromatic nitrogens is 1. The average Bonchev–Trinajstić information content (AvgIpc) is 2.03. The van der Waals surface area contributed by atoms with Crippen LogP contribution in [0.4, 0.5) is 0 Å². The maximum absolute atomic E-state index is 8.51. The van der Waals surface area contributed by atoms with Crippen LogP contribution >= 0.6 is 0 Å². The van der Waals surface area contributed by atoms with E-state index in [1.807, 2.05) is 30.6 Å². The van der Waals surface area contributed by atoms with Crippen molar-refractivity contribution in [1.82, 2.24) is 0 Å². The molecule has 1 rings (SSSR count). The lowest BCUT2D eigenvalue weighted by molar-refractivity contribution is -0.697. The van der Waals surface area contributed by atoms with Gasteiger partial charge in [0.05, 0.1) is 0 Å². The van der Waals surface area contributed by atoms with E-state index >= 15 is 0 Å². The van der Waals surface area contributed by atoms with Crippen LogP contribution < -0.4 is 17.0 Å². The van der Waals surface area contributed by atoms with Gasteiger partial charge in [-0.25, -0.2) is 4.57 Å². The van der Waals surface area contributed by atoms with E-state index in [1.165, 1.54) is 0 Å². The number of aliphatic hydroxyl groups is 1. The summed E-state index contributed by atoms with van der Waals surface area (Å²) in [5.41, 5.74) is 0. The summed E-state index contributed by atoms with van der Waals surface area (Å²) in [6.45, 7) is 1.17. The number of pyridine rings is 1. The number of hydrogen-bond donors (Lipinski definition) is 1. The molecule has 3 heteroatoms. The van der Waals surface area contributed by atoms with Gasteiger partial charge in [-0.3, -0.25) is 0 Å². The van der Waals surface area contributed by atoms with Crippen molar-refractivity contribution in [1.29, 1.82) is 0 Å². The molecule has 0 aliphatic rings. The van der Waals surface area contributed by atoms with E-state index in [4.69, 9.17) is 5.11 Å². The van der Waals surface area contributed by atoms with Gasteiger partial charge in [0.25, 0.3) is 0 Å². The van der Waals surface area contributed by atoms with Gasteiger partial charge in [0.2, 0.25) is 0 Å². The van der Waals surface area contributed by atoms with Gasteiger partial charge >= 0.3 is 0 Å². The Hall–Kier alpha value is -0.600. The number of aryl methyl sites for hydroxylation is 1. The minimum Gasteiger partial charge on any atom is -1.00 e. The lowest BCUT2D eigenvalue weighted by atomic mass is 10.4. The molecule has 0 amide bonds. The van der Waals surface area contributed by atoms with E-state index < -0.39 is 0 Å². The van der Waals surface area contributed by atoms with Crippen molar-refractivity contribution in [3.63, 3.8) is 0 Å². The molecule has 0 atom stereocenters. The molecular formula is C8H12ClNO. The molecule has 11 heavy (non-hydrogen) atoms. The molecule has 0 bridgehead atoms. The van der Waals surface area contributed by atoms with Crippen molar-refractivity contribution in [2.24, 2.45) is 0 Å². The molecule has 0 unspecified atom stereocenters. The molecule has 1 N–H and O–H groups in total. The van der Waals surface area contributed by atoms with E-state index in [2.05, 4.69) is 4.57 Å². The number of nitrogens with zero attached hydrogens (tertiary/aromatic N) is 1. The Morgan fingerprint density at radius 1 is 1.09 bits per heavy atom. The molecule has 0 aromatic carbocycles. The van der Waals surface area contributed by atoms with Gasteiger partial charge in [-0.05, 0) is 0 Å². The average molecular weight is 174 g/mol. The van der Waals surface area contributed by atoms with Gasteiger partial charge in [0, 0.05) is 25.2 Å². The Kier molecular flexibility index (Phi) is 5.80. The summed E-state index contributed by atoms with van der Waals surface area (Å²) >= 11 is 0. The zero-order valence-corrected chi connectivity index (χ0v) is 7.04. The van der Waals surface area contributed by atoms with Crippen molar-refractivity contribution >= 4 is 0 Å². The quantitative estimate of drug-likeness (QED) is 0.497. The summed E-state index contributed by atoms with van der Waals surface area (Å²) in [4.78, 5) is 0. The predicted octanol–water partition coefficient (Wildman–Crippen LogP) is -2.64. The second-order valence-electron chi connectivity index (χ2n) is 2.19. The molecule has 62 valence electrons. The Balaban J connectivity index is 0.000001000. The SMILES string of the molecule is OCCC[n+]1ccccc1.[Cl-]. The fraction of sp³-hybridized carbons (Fsp3) is 0.375. The van der Waals surface area contributed by atoms with Gasteiger partial charge in [0.15, 0.2) is 18.9 Å². The van der Waals surface area contributed by atoms with Crippen LogP contribution in [-0.4, -0.2) is 11.7 Å². The summed E-state index contributed by atoms with van der Waals surface area (Å²) in [6.07, 6.45) is 4.82. The van der Waals surface area contributed by atoms with Crippen molar-refractivity contribution < 1.29 is 22.1 Å². The fourth-order valence-corrected chi connectivity index (χ4v) is 0.837. The third kappa shape index (κ3) is 3.96. The van der Waals surface area contributed by atoms with Crippen LogP contribution in [0.5, 0.6) is 0 Å². The van der Waals surface area contributed by atoms with Crippen LogP contribution in [0.3, 0.4) is 0 Å². The Morgan fingerprint density at radius 3 is 2.27 bits per heavy atom. The van der Waals surface area contributed by atoms with Gasteiger partial charge < -0.3 is 17.5 Å². The molecule has 1 aromatic heterocycles. The number of halogens is 1. The Bertz CT molecular complexity index is 179. The first-order valence-electron chi connectivity index (χ1n) is 3.48. The normalized spacial score (nSPS) is 8.82. The lowest BCUT2D eigenvalue weighted by Crippen LogP contribution is -3.00. The monoisotopic (exact) mass is 173 g/mol. The van der Waals surface area contributed by atoms with Crippen molar-refractivity contribution in [3.8, 4) is 0 Å². The molecule has 1 heterocycles. The molecule has 0 aliphatic carbocycles. The first-order chi connectivity index (χ1) is 4.93. The molecule has 1 aromatic rings. The predicted molar refractivity (Wildman–Crippen MR) is 38.3 cm³/mol. The molecular weight excluding hydrogens is 162 g/mol. The number of aliphatic hydroxyl groups excluding tert-OH is 1. The smallest absolute Gasteiger partial charge is 0.168 e. The van der Waals surface area contributed by atoms with Gasteiger partial charge in [-0.1, -0.05) is 6.07 Å². The van der Waals surface area contributed by atoms with Crippen LogP contribution in [0.1, 0.15) is 6.42 Å². The Labute approximate surface area is 72.9 Å². The maximum atomic E-state index is 8.51. The van der Waals surface area contributed by atoms with Gasteiger partial charge in [-0.2, -0.15) is 0 Å². The zero-order valence-electron chi connectivity index (χ0n) is 6.28. The van der Waals surface area contributed by atoms with Crippen molar-refractivity contribution in [2.45, 2.75) is 13.0 Å². The van der Waals surface area contributed by atoms with Crippen LogP contribution in [0.2, 0.25) is 0 Å². The van der Waals surface area contributed by atoms with E-state index in [-0.39, 0.29) is 19.0 Å². The third-order valence-electron chi connectivity index (χ3n) is 1.35. The van der Waals surface area contributed by atoms with Gasteiger partial charge in [0.1, 0.15) is 0 Å². The summed E-state index contributed by atoms with van der Waals surface area (Å²) in [5.74, 6) is 0. The third-order valence-corrected chi connectivity index (χ3v) is 1.35. The van der Waals surface area contributed by atoms with Crippen LogP contribution in [-0.2, 0) is 6.54 Å². The molecule has 0 fully saturated rings.